The van der Waals surface area contributed by atoms with Crippen LogP contribution in [-0.2, 0) is 27.2 Å². The van der Waals surface area contributed by atoms with Gasteiger partial charge in [0.15, 0.2) is 5.78 Å². The molecular formula is C20H29NO3. The lowest BCUT2D eigenvalue weighted by Crippen LogP contribution is -2.42. The Balaban J connectivity index is 2.54. The average molecular weight is 331 g/mol. The fourth-order valence-corrected chi connectivity index (χ4v) is 2.58. The lowest BCUT2D eigenvalue weighted by molar-refractivity contribution is -0.131. The number of hydrogen-bond donors (Lipinski definition) is 1. The van der Waals surface area contributed by atoms with E-state index in [4.69, 9.17) is 0 Å². The molecule has 24 heavy (non-hydrogen) atoms. The van der Waals surface area contributed by atoms with E-state index in [2.05, 4.69) is 31.3 Å². The summed E-state index contributed by atoms with van der Waals surface area (Å²) >= 11 is 0. The number of hydrogen-bond acceptors (Lipinski definition) is 3. The van der Waals surface area contributed by atoms with Crippen LogP contribution in [0.5, 0.6) is 0 Å². The molecule has 0 fully saturated rings. The molecule has 2 unspecified atom stereocenters. The van der Waals surface area contributed by atoms with Gasteiger partial charge in [-0.2, -0.15) is 0 Å². The molecule has 1 aromatic rings. The standard InChI is InChI=1S/C20H29NO3/c1-13(2)10-17-6-8-18(9-7-17)12-19(23)16(5)21-20(24)14(3)11-15(4)22/h6-9,13-14,16H,10-12H2,1-5H3,(H,21,24). The number of nitrogens with one attached hydrogen (secondary N) is 1. The third-order valence-corrected chi connectivity index (χ3v) is 3.93. The number of ketones is 2. The second-order valence-corrected chi connectivity index (χ2v) is 7.10. The molecule has 1 rings (SSSR count). The largest absolute Gasteiger partial charge is 0.346 e. The topological polar surface area (TPSA) is 63.2 Å². The second-order valence-electron chi connectivity index (χ2n) is 7.10. The zero-order chi connectivity index (χ0) is 18.3. The molecule has 0 bridgehead atoms. The van der Waals surface area contributed by atoms with Crippen LogP contribution >= 0.6 is 0 Å². The molecule has 0 saturated carbocycles. The van der Waals surface area contributed by atoms with Gasteiger partial charge < -0.3 is 10.1 Å². The number of Topliss-reactive ketones (excluding diaryl/α,β-unsaturated/α-hetero) is 2. The summed E-state index contributed by atoms with van der Waals surface area (Å²) < 4.78 is 0. The number of rotatable bonds is 9. The first-order valence-electron chi connectivity index (χ1n) is 8.59. The van der Waals surface area contributed by atoms with Crippen molar-refractivity contribution in [3.63, 3.8) is 0 Å². The molecule has 0 spiro atoms. The molecule has 0 aliphatic rings. The Bertz CT molecular complexity index is 575. The highest BCUT2D eigenvalue weighted by molar-refractivity contribution is 5.92. The van der Waals surface area contributed by atoms with Crippen LogP contribution in [0.3, 0.4) is 0 Å². The summed E-state index contributed by atoms with van der Waals surface area (Å²) in [5.74, 6) is -0.121. The molecule has 1 N–H and O–H groups in total. The minimum Gasteiger partial charge on any atom is -0.346 e. The lowest BCUT2D eigenvalue weighted by Gasteiger charge is -2.16. The fourth-order valence-electron chi connectivity index (χ4n) is 2.58. The summed E-state index contributed by atoms with van der Waals surface area (Å²) in [6, 6.07) is 7.51. The van der Waals surface area contributed by atoms with E-state index < -0.39 is 12.0 Å². The van der Waals surface area contributed by atoms with Gasteiger partial charge in [-0.25, -0.2) is 0 Å². The van der Waals surface area contributed by atoms with Gasteiger partial charge in [0.1, 0.15) is 5.78 Å². The Hall–Kier alpha value is -1.97. The van der Waals surface area contributed by atoms with Crippen molar-refractivity contribution in [2.45, 2.75) is 59.9 Å². The van der Waals surface area contributed by atoms with Crippen molar-refractivity contribution in [2.75, 3.05) is 0 Å². The minimum absolute atomic E-state index is 0.0295. The van der Waals surface area contributed by atoms with Crippen LogP contribution in [-0.4, -0.2) is 23.5 Å². The number of amides is 1. The molecule has 4 nitrogen and oxygen atoms in total. The van der Waals surface area contributed by atoms with Gasteiger partial charge in [-0.15, -0.1) is 0 Å². The molecule has 0 saturated heterocycles. The number of carbonyl (C=O) groups is 3. The molecule has 1 amide bonds. The van der Waals surface area contributed by atoms with Gasteiger partial charge in [0, 0.05) is 18.8 Å². The van der Waals surface area contributed by atoms with Gasteiger partial charge in [-0.05, 0) is 37.3 Å². The quantitative estimate of drug-likeness (QED) is 0.756. The Kier molecular flexibility index (Phi) is 7.83. The van der Waals surface area contributed by atoms with Crippen molar-refractivity contribution in [3.8, 4) is 0 Å². The Labute approximate surface area is 145 Å². The number of benzene rings is 1. The minimum atomic E-state index is -0.553. The first kappa shape index (κ1) is 20.1. The smallest absolute Gasteiger partial charge is 0.223 e. The monoisotopic (exact) mass is 331 g/mol. The highest BCUT2D eigenvalue weighted by Crippen LogP contribution is 2.11. The predicted molar refractivity (Wildman–Crippen MR) is 95.8 cm³/mol. The van der Waals surface area contributed by atoms with Crippen molar-refractivity contribution in [1.29, 1.82) is 0 Å². The summed E-state index contributed by atoms with van der Waals surface area (Å²) in [5, 5.41) is 2.70. The second kappa shape index (κ2) is 9.36. The first-order chi connectivity index (χ1) is 11.2. The van der Waals surface area contributed by atoms with Crippen LogP contribution in [0.4, 0.5) is 0 Å². The number of carbonyl (C=O) groups excluding carboxylic acids is 3. The summed E-state index contributed by atoms with van der Waals surface area (Å²) in [5.41, 5.74) is 2.21. The van der Waals surface area contributed by atoms with Gasteiger partial charge in [-0.1, -0.05) is 45.0 Å². The molecule has 0 radical (unpaired) electrons. The third-order valence-electron chi connectivity index (χ3n) is 3.93. The molecule has 0 aliphatic heterocycles. The maximum absolute atomic E-state index is 12.3. The van der Waals surface area contributed by atoms with E-state index in [1.165, 1.54) is 12.5 Å². The van der Waals surface area contributed by atoms with Crippen LogP contribution in [0.2, 0.25) is 0 Å². The first-order valence-corrected chi connectivity index (χ1v) is 8.59. The zero-order valence-electron chi connectivity index (χ0n) is 15.4. The van der Waals surface area contributed by atoms with Crippen LogP contribution < -0.4 is 5.32 Å². The third kappa shape index (κ3) is 7.07. The van der Waals surface area contributed by atoms with E-state index in [9.17, 15) is 14.4 Å². The normalized spacial score (nSPS) is 13.4. The van der Waals surface area contributed by atoms with E-state index >= 15 is 0 Å². The van der Waals surface area contributed by atoms with Crippen LogP contribution in [0.1, 0.15) is 52.2 Å². The summed E-state index contributed by atoms with van der Waals surface area (Å²) in [7, 11) is 0. The Morgan fingerprint density at radius 1 is 0.958 bits per heavy atom. The molecule has 0 heterocycles. The van der Waals surface area contributed by atoms with Crippen molar-refractivity contribution in [1.82, 2.24) is 5.32 Å². The highest BCUT2D eigenvalue weighted by atomic mass is 16.2. The molecular weight excluding hydrogens is 302 g/mol. The summed E-state index contributed by atoms with van der Waals surface area (Å²) in [4.78, 5) is 35.3. The van der Waals surface area contributed by atoms with Gasteiger partial charge in [0.05, 0.1) is 6.04 Å². The summed E-state index contributed by atoms with van der Waals surface area (Å²) in [6.07, 6.45) is 1.52. The fraction of sp³-hybridized carbons (Fsp3) is 0.550. The van der Waals surface area contributed by atoms with Crippen molar-refractivity contribution < 1.29 is 14.4 Å². The lowest BCUT2D eigenvalue weighted by atomic mass is 9.98. The van der Waals surface area contributed by atoms with E-state index in [1.807, 2.05) is 12.1 Å². The average Bonchev–Trinajstić information content (AvgIpc) is 2.47. The predicted octanol–water partition coefficient (Wildman–Crippen LogP) is 3.12. The molecule has 2 atom stereocenters. The van der Waals surface area contributed by atoms with E-state index in [1.54, 1.807) is 13.8 Å². The van der Waals surface area contributed by atoms with Crippen LogP contribution in [0.25, 0.3) is 0 Å². The molecule has 132 valence electrons. The van der Waals surface area contributed by atoms with Crippen molar-refractivity contribution in [2.24, 2.45) is 11.8 Å². The van der Waals surface area contributed by atoms with Gasteiger partial charge in [0.25, 0.3) is 0 Å². The van der Waals surface area contributed by atoms with Crippen molar-refractivity contribution >= 4 is 17.5 Å². The van der Waals surface area contributed by atoms with E-state index in [0.29, 0.717) is 12.3 Å². The van der Waals surface area contributed by atoms with Gasteiger partial charge >= 0.3 is 0 Å². The maximum atomic E-state index is 12.3. The zero-order valence-corrected chi connectivity index (χ0v) is 15.4. The Morgan fingerprint density at radius 3 is 2.00 bits per heavy atom. The molecule has 0 aromatic heterocycles. The Morgan fingerprint density at radius 2 is 1.50 bits per heavy atom. The maximum Gasteiger partial charge on any atom is 0.223 e. The van der Waals surface area contributed by atoms with E-state index in [-0.39, 0.29) is 23.9 Å². The van der Waals surface area contributed by atoms with Crippen LogP contribution in [0, 0.1) is 11.8 Å². The molecule has 1 aromatic carbocycles. The van der Waals surface area contributed by atoms with Crippen LogP contribution in [0.15, 0.2) is 24.3 Å². The molecule has 4 heteroatoms. The molecule has 0 aliphatic carbocycles. The van der Waals surface area contributed by atoms with Gasteiger partial charge in [0.2, 0.25) is 5.91 Å². The highest BCUT2D eigenvalue weighted by Gasteiger charge is 2.20. The van der Waals surface area contributed by atoms with Crippen molar-refractivity contribution in [3.05, 3.63) is 35.4 Å². The van der Waals surface area contributed by atoms with E-state index in [0.717, 1.165) is 12.0 Å². The summed E-state index contributed by atoms with van der Waals surface area (Å²) in [6.45, 7) is 9.19. The van der Waals surface area contributed by atoms with Gasteiger partial charge in [-0.3, -0.25) is 9.59 Å². The SMILES string of the molecule is CC(=O)CC(C)C(=O)NC(C)C(=O)Cc1ccc(CC(C)C)cc1.